The molecule has 4 nitrogen and oxygen atoms in total. The number of phenols is 1. The standard InChI is InChI=1S/C9H9NO3/c11-8-3-1-2-7(6-8)10-4-5-13-9(10)12/h1-3,6,11H,4-5H2. The Balaban J connectivity index is 2.29. The normalized spacial score (nSPS) is 16.0. The molecule has 0 spiro atoms. The van der Waals surface area contributed by atoms with Crippen LogP contribution in [-0.4, -0.2) is 24.4 Å². The van der Waals surface area contributed by atoms with Crippen molar-refractivity contribution in [3.63, 3.8) is 0 Å². The zero-order chi connectivity index (χ0) is 9.26. The van der Waals surface area contributed by atoms with E-state index in [9.17, 15) is 9.90 Å². The van der Waals surface area contributed by atoms with E-state index in [1.807, 2.05) is 0 Å². The molecule has 1 aromatic rings. The number of aromatic hydroxyl groups is 1. The molecule has 1 heterocycles. The second-order valence-corrected chi connectivity index (χ2v) is 2.79. The van der Waals surface area contributed by atoms with Crippen molar-refractivity contribution in [1.29, 1.82) is 0 Å². The molecule has 0 bridgehead atoms. The highest BCUT2D eigenvalue weighted by atomic mass is 16.6. The van der Waals surface area contributed by atoms with Crippen molar-refractivity contribution in [2.75, 3.05) is 18.1 Å². The number of anilines is 1. The molecule has 1 amide bonds. The van der Waals surface area contributed by atoms with E-state index in [0.717, 1.165) is 0 Å². The zero-order valence-corrected chi connectivity index (χ0v) is 6.93. The van der Waals surface area contributed by atoms with Gasteiger partial charge in [-0.25, -0.2) is 4.79 Å². The van der Waals surface area contributed by atoms with Crippen LogP contribution in [-0.2, 0) is 4.74 Å². The number of ether oxygens (including phenoxy) is 1. The minimum Gasteiger partial charge on any atom is -0.508 e. The molecule has 1 N–H and O–H groups in total. The van der Waals surface area contributed by atoms with Gasteiger partial charge < -0.3 is 9.84 Å². The van der Waals surface area contributed by atoms with Crippen molar-refractivity contribution in [2.45, 2.75) is 0 Å². The van der Waals surface area contributed by atoms with Crippen LogP contribution in [0.15, 0.2) is 24.3 Å². The lowest BCUT2D eigenvalue weighted by Gasteiger charge is -2.11. The van der Waals surface area contributed by atoms with Crippen molar-refractivity contribution in [2.24, 2.45) is 0 Å². The van der Waals surface area contributed by atoms with Gasteiger partial charge in [0.1, 0.15) is 12.4 Å². The first-order chi connectivity index (χ1) is 6.27. The van der Waals surface area contributed by atoms with E-state index in [4.69, 9.17) is 4.74 Å². The van der Waals surface area contributed by atoms with Crippen LogP contribution in [0, 0.1) is 0 Å². The number of nitrogens with zero attached hydrogens (tertiary/aromatic N) is 1. The van der Waals surface area contributed by atoms with E-state index >= 15 is 0 Å². The Hall–Kier alpha value is -1.71. The van der Waals surface area contributed by atoms with E-state index < -0.39 is 0 Å². The predicted molar refractivity (Wildman–Crippen MR) is 46.8 cm³/mol. The SMILES string of the molecule is O=C1OCCN1c1cccc(O)c1. The molecular weight excluding hydrogens is 170 g/mol. The number of hydrogen-bond acceptors (Lipinski definition) is 3. The molecule has 1 fully saturated rings. The van der Waals surface area contributed by atoms with E-state index in [2.05, 4.69) is 0 Å². The molecule has 13 heavy (non-hydrogen) atoms. The summed E-state index contributed by atoms with van der Waals surface area (Å²) in [5.41, 5.74) is 0.669. The minimum atomic E-state index is -0.356. The number of cyclic esters (lactones) is 1. The number of carbonyl (C=O) groups excluding carboxylic acids is 1. The molecule has 0 aromatic heterocycles. The molecule has 1 aromatic carbocycles. The third kappa shape index (κ3) is 1.42. The van der Waals surface area contributed by atoms with Crippen molar-refractivity contribution in [3.8, 4) is 5.75 Å². The molecular formula is C9H9NO3. The number of phenolic OH excluding ortho intramolecular Hbond substituents is 1. The number of carbonyl (C=O) groups is 1. The summed E-state index contributed by atoms with van der Waals surface area (Å²) in [5, 5.41) is 9.18. The van der Waals surface area contributed by atoms with Gasteiger partial charge in [-0.2, -0.15) is 0 Å². The van der Waals surface area contributed by atoms with E-state index in [1.165, 1.54) is 11.0 Å². The maximum absolute atomic E-state index is 11.1. The van der Waals surface area contributed by atoms with Gasteiger partial charge in [-0.15, -0.1) is 0 Å². The fraction of sp³-hybridized carbons (Fsp3) is 0.222. The highest BCUT2D eigenvalue weighted by Crippen LogP contribution is 2.22. The fourth-order valence-corrected chi connectivity index (χ4v) is 1.29. The molecule has 4 heteroatoms. The largest absolute Gasteiger partial charge is 0.508 e. The molecule has 68 valence electrons. The van der Waals surface area contributed by atoms with Crippen LogP contribution in [0.5, 0.6) is 5.75 Å². The molecule has 0 aliphatic carbocycles. The van der Waals surface area contributed by atoms with Gasteiger partial charge in [-0.3, -0.25) is 4.90 Å². The summed E-state index contributed by atoms with van der Waals surface area (Å²) in [4.78, 5) is 12.6. The number of benzene rings is 1. The molecule has 2 rings (SSSR count). The third-order valence-corrected chi connectivity index (χ3v) is 1.90. The Labute approximate surface area is 75.3 Å². The fourth-order valence-electron chi connectivity index (χ4n) is 1.29. The molecule has 1 saturated heterocycles. The summed E-state index contributed by atoms with van der Waals surface area (Å²) >= 11 is 0. The van der Waals surface area contributed by atoms with Crippen molar-refractivity contribution in [3.05, 3.63) is 24.3 Å². The van der Waals surface area contributed by atoms with Gasteiger partial charge in [0, 0.05) is 6.07 Å². The van der Waals surface area contributed by atoms with Gasteiger partial charge >= 0.3 is 6.09 Å². The lowest BCUT2D eigenvalue weighted by atomic mass is 10.3. The Bertz CT molecular complexity index is 337. The molecule has 0 unspecified atom stereocenters. The third-order valence-electron chi connectivity index (χ3n) is 1.90. The monoisotopic (exact) mass is 179 g/mol. The van der Waals surface area contributed by atoms with E-state index in [1.54, 1.807) is 18.2 Å². The van der Waals surface area contributed by atoms with Crippen molar-refractivity contribution in [1.82, 2.24) is 0 Å². The predicted octanol–water partition coefficient (Wildman–Crippen LogP) is 1.35. The van der Waals surface area contributed by atoms with Crippen LogP contribution in [0.1, 0.15) is 0 Å². The molecule has 0 radical (unpaired) electrons. The summed E-state index contributed by atoms with van der Waals surface area (Å²) in [6.45, 7) is 0.955. The number of amides is 1. The Morgan fingerprint density at radius 3 is 2.92 bits per heavy atom. The van der Waals surface area contributed by atoms with Crippen molar-refractivity contribution < 1.29 is 14.6 Å². The van der Waals surface area contributed by atoms with Crippen molar-refractivity contribution >= 4 is 11.8 Å². The average molecular weight is 179 g/mol. The second-order valence-electron chi connectivity index (χ2n) is 2.79. The first kappa shape index (κ1) is 7.91. The van der Waals surface area contributed by atoms with Gasteiger partial charge in [-0.1, -0.05) is 6.07 Å². The Kier molecular flexibility index (Phi) is 1.81. The van der Waals surface area contributed by atoms with Gasteiger partial charge in [0.15, 0.2) is 0 Å². The first-order valence-corrected chi connectivity index (χ1v) is 4.01. The Morgan fingerprint density at radius 2 is 2.31 bits per heavy atom. The van der Waals surface area contributed by atoms with Crippen LogP contribution in [0.2, 0.25) is 0 Å². The van der Waals surface area contributed by atoms with Gasteiger partial charge in [0.25, 0.3) is 0 Å². The van der Waals surface area contributed by atoms with Gasteiger partial charge in [-0.05, 0) is 12.1 Å². The lowest BCUT2D eigenvalue weighted by molar-refractivity contribution is 0.181. The molecule has 1 aliphatic rings. The number of rotatable bonds is 1. The highest BCUT2D eigenvalue weighted by Gasteiger charge is 2.23. The molecule has 1 aliphatic heterocycles. The maximum Gasteiger partial charge on any atom is 0.414 e. The summed E-state index contributed by atoms with van der Waals surface area (Å²) in [7, 11) is 0. The van der Waals surface area contributed by atoms with Crippen LogP contribution in [0.4, 0.5) is 10.5 Å². The van der Waals surface area contributed by atoms with Crippen LogP contribution in [0.25, 0.3) is 0 Å². The Morgan fingerprint density at radius 1 is 1.46 bits per heavy atom. The van der Waals surface area contributed by atoms with E-state index in [-0.39, 0.29) is 11.8 Å². The van der Waals surface area contributed by atoms with Crippen LogP contribution < -0.4 is 4.90 Å². The topological polar surface area (TPSA) is 49.8 Å². The number of hydrogen-bond donors (Lipinski definition) is 1. The smallest absolute Gasteiger partial charge is 0.414 e. The van der Waals surface area contributed by atoms with Gasteiger partial charge in [0.2, 0.25) is 0 Å². The van der Waals surface area contributed by atoms with Crippen LogP contribution >= 0.6 is 0 Å². The maximum atomic E-state index is 11.1. The summed E-state index contributed by atoms with van der Waals surface area (Å²) in [5.74, 6) is 0.150. The first-order valence-electron chi connectivity index (χ1n) is 4.01. The average Bonchev–Trinajstić information content (AvgIpc) is 2.51. The second kappa shape index (κ2) is 2.97. The van der Waals surface area contributed by atoms with Crippen LogP contribution in [0.3, 0.4) is 0 Å². The van der Waals surface area contributed by atoms with E-state index in [0.29, 0.717) is 18.8 Å². The summed E-state index contributed by atoms with van der Waals surface area (Å²) < 4.78 is 4.77. The summed E-state index contributed by atoms with van der Waals surface area (Å²) in [6, 6.07) is 6.54. The van der Waals surface area contributed by atoms with Gasteiger partial charge in [0.05, 0.1) is 12.2 Å². The highest BCUT2D eigenvalue weighted by molar-refractivity contribution is 5.89. The summed E-state index contributed by atoms with van der Waals surface area (Å²) in [6.07, 6.45) is -0.356. The zero-order valence-electron chi connectivity index (χ0n) is 6.93. The minimum absolute atomic E-state index is 0.150. The lowest BCUT2D eigenvalue weighted by Crippen LogP contribution is -2.22. The molecule has 0 atom stereocenters. The molecule has 0 saturated carbocycles. The quantitative estimate of drug-likeness (QED) is 0.707.